The maximum absolute atomic E-state index is 11.9. The van der Waals surface area contributed by atoms with Crippen LogP contribution in [0.4, 0.5) is 13.2 Å². The van der Waals surface area contributed by atoms with E-state index in [-0.39, 0.29) is 11.5 Å². The molecule has 18 heavy (non-hydrogen) atoms. The monoisotopic (exact) mass is 260 g/mol. The predicted molar refractivity (Wildman–Crippen MR) is 61.5 cm³/mol. The van der Waals surface area contributed by atoms with Crippen molar-refractivity contribution in [3.8, 4) is 5.75 Å². The van der Waals surface area contributed by atoms with Crippen molar-refractivity contribution in [2.24, 2.45) is 5.92 Å². The lowest BCUT2D eigenvalue weighted by Crippen LogP contribution is -2.17. The summed E-state index contributed by atoms with van der Waals surface area (Å²) >= 11 is 0. The van der Waals surface area contributed by atoms with Gasteiger partial charge in [0.15, 0.2) is 5.78 Å². The number of benzene rings is 1. The standard InChI is InChI=1S/C13H15F3O2/c1-9(2)3-8-12(17)10-4-6-11(7-5-10)18-13(14,15)16/h4-7,9H,3,8H2,1-2H3. The van der Waals surface area contributed by atoms with E-state index in [2.05, 4.69) is 4.74 Å². The lowest BCUT2D eigenvalue weighted by atomic mass is 10.0. The fraction of sp³-hybridized carbons (Fsp3) is 0.462. The van der Waals surface area contributed by atoms with E-state index in [9.17, 15) is 18.0 Å². The third-order valence-corrected chi connectivity index (χ3v) is 2.36. The third kappa shape index (κ3) is 5.21. The first-order valence-electron chi connectivity index (χ1n) is 5.67. The Balaban J connectivity index is 2.62. The van der Waals surface area contributed by atoms with Crippen LogP contribution in [0.1, 0.15) is 37.0 Å². The molecule has 0 bridgehead atoms. The quantitative estimate of drug-likeness (QED) is 0.741. The Morgan fingerprint density at radius 2 is 1.78 bits per heavy atom. The van der Waals surface area contributed by atoms with E-state index in [1.807, 2.05) is 13.8 Å². The second kappa shape index (κ2) is 5.89. The van der Waals surface area contributed by atoms with Crippen LogP contribution in [0.3, 0.4) is 0 Å². The molecular weight excluding hydrogens is 245 g/mol. The van der Waals surface area contributed by atoms with Crippen molar-refractivity contribution in [3.05, 3.63) is 29.8 Å². The minimum Gasteiger partial charge on any atom is -0.406 e. The van der Waals surface area contributed by atoms with Crippen LogP contribution in [0, 0.1) is 5.92 Å². The molecule has 0 aliphatic carbocycles. The molecule has 1 aromatic rings. The van der Waals surface area contributed by atoms with E-state index in [1.54, 1.807) is 0 Å². The van der Waals surface area contributed by atoms with E-state index in [0.717, 1.165) is 18.6 Å². The highest BCUT2D eigenvalue weighted by Crippen LogP contribution is 2.23. The molecule has 0 heterocycles. The fourth-order valence-electron chi connectivity index (χ4n) is 1.41. The summed E-state index contributed by atoms with van der Waals surface area (Å²) in [6.07, 6.45) is -3.54. The van der Waals surface area contributed by atoms with Gasteiger partial charge in [0.2, 0.25) is 0 Å². The number of ether oxygens (including phenoxy) is 1. The van der Waals surface area contributed by atoms with Crippen molar-refractivity contribution in [2.45, 2.75) is 33.1 Å². The summed E-state index contributed by atoms with van der Waals surface area (Å²) in [6, 6.07) is 5.00. The van der Waals surface area contributed by atoms with Crippen LogP contribution in [0.25, 0.3) is 0 Å². The average Bonchev–Trinajstić information content (AvgIpc) is 2.24. The molecule has 100 valence electrons. The maximum Gasteiger partial charge on any atom is 0.573 e. The minimum absolute atomic E-state index is 0.0674. The van der Waals surface area contributed by atoms with Gasteiger partial charge in [-0.3, -0.25) is 4.79 Å². The second-order valence-electron chi connectivity index (χ2n) is 4.43. The highest BCUT2D eigenvalue weighted by Gasteiger charge is 2.31. The van der Waals surface area contributed by atoms with E-state index < -0.39 is 6.36 Å². The largest absolute Gasteiger partial charge is 0.573 e. The fourth-order valence-corrected chi connectivity index (χ4v) is 1.41. The summed E-state index contributed by atoms with van der Waals surface area (Å²) in [5.74, 6) is 0.0342. The summed E-state index contributed by atoms with van der Waals surface area (Å²) in [5.41, 5.74) is 0.408. The van der Waals surface area contributed by atoms with Gasteiger partial charge < -0.3 is 4.74 Å². The number of halogens is 3. The number of rotatable bonds is 5. The van der Waals surface area contributed by atoms with E-state index in [1.165, 1.54) is 12.1 Å². The third-order valence-electron chi connectivity index (χ3n) is 2.36. The van der Waals surface area contributed by atoms with Gasteiger partial charge in [-0.15, -0.1) is 13.2 Å². The van der Waals surface area contributed by atoms with Crippen LogP contribution < -0.4 is 4.74 Å². The van der Waals surface area contributed by atoms with Gasteiger partial charge in [0.05, 0.1) is 0 Å². The Labute approximate surface area is 104 Å². The van der Waals surface area contributed by atoms with Gasteiger partial charge in [0.1, 0.15) is 5.75 Å². The topological polar surface area (TPSA) is 26.3 Å². The van der Waals surface area contributed by atoms with Crippen LogP contribution in [0.2, 0.25) is 0 Å². The van der Waals surface area contributed by atoms with Crippen LogP contribution >= 0.6 is 0 Å². The Kier molecular flexibility index (Phi) is 4.76. The lowest BCUT2D eigenvalue weighted by Gasteiger charge is -2.09. The number of alkyl halides is 3. The highest BCUT2D eigenvalue weighted by molar-refractivity contribution is 5.96. The molecule has 1 aromatic carbocycles. The Morgan fingerprint density at radius 1 is 1.22 bits per heavy atom. The van der Waals surface area contributed by atoms with Crippen LogP contribution in [0.5, 0.6) is 5.75 Å². The second-order valence-corrected chi connectivity index (χ2v) is 4.43. The lowest BCUT2D eigenvalue weighted by molar-refractivity contribution is -0.274. The molecule has 2 nitrogen and oxygen atoms in total. The van der Waals surface area contributed by atoms with E-state index in [4.69, 9.17) is 0 Å². The Bertz CT molecular complexity index is 394. The van der Waals surface area contributed by atoms with Gasteiger partial charge in [-0.1, -0.05) is 13.8 Å². The summed E-state index contributed by atoms with van der Waals surface area (Å²) < 4.78 is 39.5. The van der Waals surface area contributed by atoms with Crippen molar-refractivity contribution < 1.29 is 22.7 Å². The first kappa shape index (κ1) is 14.5. The number of hydrogen-bond donors (Lipinski definition) is 0. The zero-order valence-corrected chi connectivity index (χ0v) is 10.3. The molecule has 0 radical (unpaired) electrons. The van der Waals surface area contributed by atoms with Crippen LogP contribution in [0.15, 0.2) is 24.3 Å². The maximum atomic E-state index is 11.9. The van der Waals surface area contributed by atoms with Gasteiger partial charge in [0.25, 0.3) is 0 Å². The number of hydrogen-bond acceptors (Lipinski definition) is 2. The molecule has 0 aliphatic rings. The summed E-state index contributed by atoms with van der Waals surface area (Å²) in [7, 11) is 0. The zero-order valence-electron chi connectivity index (χ0n) is 10.3. The Morgan fingerprint density at radius 3 is 2.22 bits per heavy atom. The van der Waals surface area contributed by atoms with Crippen molar-refractivity contribution in [3.63, 3.8) is 0 Å². The molecule has 0 unspecified atom stereocenters. The normalized spacial score (nSPS) is 11.7. The Hall–Kier alpha value is -1.52. The first-order valence-corrected chi connectivity index (χ1v) is 5.67. The molecule has 1 rings (SSSR count). The summed E-state index contributed by atoms with van der Waals surface area (Å²) in [6.45, 7) is 4.01. The predicted octanol–water partition coefficient (Wildman–Crippen LogP) is 4.20. The first-order chi connectivity index (χ1) is 8.28. The van der Waals surface area contributed by atoms with Crippen molar-refractivity contribution in [2.75, 3.05) is 0 Å². The molecule has 0 atom stereocenters. The van der Waals surface area contributed by atoms with Gasteiger partial charge in [-0.2, -0.15) is 0 Å². The van der Waals surface area contributed by atoms with Crippen molar-refractivity contribution in [1.82, 2.24) is 0 Å². The molecule has 5 heteroatoms. The zero-order chi connectivity index (χ0) is 13.8. The smallest absolute Gasteiger partial charge is 0.406 e. The van der Waals surface area contributed by atoms with E-state index >= 15 is 0 Å². The van der Waals surface area contributed by atoms with Crippen molar-refractivity contribution >= 4 is 5.78 Å². The average molecular weight is 260 g/mol. The van der Waals surface area contributed by atoms with E-state index in [0.29, 0.717) is 17.9 Å². The van der Waals surface area contributed by atoms with Crippen LogP contribution in [-0.2, 0) is 0 Å². The molecule has 0 amide bonds. The van der Waals surface area contributed by atoms with Gasteiger partial charge >= 0.3 is 6.36 Å². The SMILES string of the molecule is CC(C)CCC(=O)c1ccc(OC(F)(F)F)cc1. The van der Waals surface area contributed by atoms with Gasteiger partial charge in [0, 0.05) is 12.0 Å². The number of carbonyl (C=O) groups is 1. The number of ketones is 1. The van der Waals surface area contributed by atoms with Crippen LogP contribution in [-0.4, -0.2) is 12.1 Å². The van der Waals surface area contributed by atoms with Gasteiger partial charge in [-0.05, 0) is 36.6 Å². The minimum atomic E-state index is -4.71. The molecule has 0 saturated heterocycles. The number of carbonyl (C=O) groups excluding carboxylic acids is 1. The molecule has 0 aliphatic heterocycles. The van der Waals surface area contributed by atoms with Gasteiger partial charge in [-0.25, -0.2) is 0 Å². The molecule has 0 N–H and O–H groups in total. The molecule has 0 fully saturated rings. The summed E-state index contributed by atoms with van der Waals surface area (Å²) in [4.78, 5) is 11.7. The molecular formula is C13H15F3O2. The molecule has 0 spiro atoms. The summed E-state index contributed by atoms with van der Waals surface area (Å²) in [5, 5.41) is 0. The van der Waals surface area contributed by atoms with Crippen molar-refractivity contribution in [1.29, 1.82) is 0 Å². The highest BCUT2D eigenvalue weighted by atomic mass is 19.4. The molecule has 0 aromatic heterocycles. The molecule has 0 saturated carbocycles. The number of Topliss-reactive ketones (excluding diaryl/α,β-unsaturated/α-hetero) is 1.